The van der Waals surface area contributed by atoms with Crippen LogP contribution < -0.4 is 0 Å². The van der Waals surface area contributed by atoms with E-state index in [2.05, 4.69) is 4.98 Å². The predicted molar refractivity (Wildman–Crippen MR) is 55.5 cm³/mol. The van der Waals surface area contributed by atoms with E-state index >= 15 is 0 Å². The summed E-state index contributed by atoms with van der Waals surface area (Å²) in [5.74, 6) is -0.935. The minimum absolute atomic E-state index is 0.182. The molecule has 86 valence electrons. The summed E-state index contributed by atoms with van der Waals surface area (Å²) in [5, 5.41) is 0.237. The second-order valence-corrected chi connectivity index (χ2v) is 4.01. The first-order valence-corrected chi connectivity index (χ1v) is 4.88. The molecule has 0 saturated carbocycles. The van der Waals surface area contributed by atoms with Crippen molar-refractivity contribution < 1.29 is 13.2 Å². The lowest BCUT2D eigenvalue weighted by Gasteiger charge is -2.05. The molecule has 0 N–H and O–H groups in total. The van der Waals surface area contributed by atoms with E-state index in [0.717, 1.165) is 10.1 Å². The number of halogens is 4. The van der Waals surface area contributed by atoms with Gasteiger partial charge in [-0.3, -0.25) is 0 Å². The number of fused-ring (bicyclic) bond motifs is 1. The Bertz CT molecular complexity index is 557. The van der Waals surface area contributed by atoms with Crippen molar-refractivity contribution in [2.45, 2.75) is 13.1 Å². The van der Waals surface area contributed by atoms with Gasteiger partial charge in [0, 0.05) is 7.05 Å². The SMILES string of the molecule is Cc1cc(Cl)c2nc(C(F)(F)F)n(C)c2c1. The summed E-state index contributed by atoms with van der Waals surface area (Å²) >= 11 is 5.85. The Balaban J connectivity index is 2.83. The molecule has 0 fully saturated rings. The van der Waals surface area contributed by atoms with Crippen LogP contribution in [0.4, 0.5) is 13.2 Å². The van der Waals surface area contributed by atoms with Crippen LogP contribution in [0.5, 0.6) is 0 Å². The Hall–Kier alpha value is -1.23. The largest absolute Gasteiger partial charge is 0.449 e. The summed E-state index contributed by atoms with van der Waals surface area (Å²) < 4.78 is 38.8. The molecule has 2 rings (SSSR count). The van der Waals surface area contributed by atoms with E-state index in [0.29, 0.717) is 5.52 Å². The van der Waals surface area contributed by atoms with E-state index < -0.39 is 12.0 Å². The second kappa shape index (κ2) is 3.38. The van der Waals surface area contributed by atoms with Crippen molar-refractivity contribution in [1.82, 2.24) is 9.55 Å². The number of benzene rings is 1. The lowest BCUT2D eigenvalue weighted by Crippen LogP contribution is -2.12. The molecule has 0 aliphatic heterocycles. The third kappa shape index (κ3) is 1.65. The third-order valence-electron chi connectivity index (χ3n) is 2.34. The summed E-state index contributed by atoms with van der Waals surface area (Å²) in [6, 6.07) is 3.22. The Labute approximate surface area is 94.6 Å². The lowest BCUT2D eigenvalue weighted by atomic mass is 10.2. The molecule has 0 amide bonds. The molecular formula is C10H8ClF3N2. The maximum Gasteiger partial charge on any atom is 0.449 e. The second-order valence-electron chi connectivity index (χ2n) is 3.61. The highest BCUT2D eigenvalue weighted by Gasteiger charge is 2.36. The average Bonchev–Trinajstić information content (AvgIpc) is 2.43. The molecule has 0 unspecified atom stereocenters. The third-order valence-corrected chi connectivity index (χ3v) is 2.63. The smallest absolute Gasteiger partial charge is 0.323 e. The molecule has 0 saturated heterocycles. The van der Waals surface area contributed by atoms with Crippen molar-refractivity contribution in [3.05, 3.63) is 28.5 Å². The van der Waals surface area contributed by atoms with E-state index in [1.807, 2.05) is 0 Å². The quantitative estimate of drug-likeness (QED) is 0.697. The first kappa shape index (κ1) is 11.3. The van der Waals surface area contributed by atoms with Crippen LogP contribution in [0.15, 0.2) is 12.1 Å². The molecule has 2 aromatic rings. The van der Waals surface area contributed by atoms with Gasteiger partial charge in [-0.1, -0.05) is 11.6 Å². The fourth-order valence-corrected chi connectivity index (χ4v) is 1.94. The molecule has 16 heavy (non-hydrogen) atoms. The zero-order valence-corrected chi connectivity index (χ0v) is 9.32. The summed E-state index contributed by atoms with van der Waals surface area (Å²) in [6.07, 6.45) is -4.47. The molecule has 0 bridgehead atoms. The van der Waals surface area contributed by atoms with Crippen LogP contribution in [-0.2, 0) is 13.2 Å². The number of hydrogen-bond acceptors (Lipinski definition) is 1. The lowest BCUT2D eigenvalue weighted by molar-refractivity contribution is -0.146. The molecule has 1 heterocycles. The number of hydrogen-bond donors (Lipinski definition) is 0. The first-order chi connectivity index (χ1) is 7.30. The van der Waals surface area contributed by atoms with E-state index in [9.17, 15) is 13.2 Å². The molecule has 0 atom stereocenters. The normalized spacial score (nSPS) is 12.4. The van der Waals surface area contributed by atoms with Gasteiger partial charge in [-0.25, -0.2) is 4.98 Å². The van der Waals surface area contributed by atoms with Crippen LogP contribution in [0, 0.1) is 6.92 Å². The fourth-order valence-electron chi connectivity index (χ4n) is 1.63. The number of aromatic nitrogens is 2. The maximum atomic E-state index is 12.6. The van der Waals surface area contributed by atoms with E-state index in [-0.39, 0.29) is 10.5 Å². The number of aryl methyl sites for hydroxylation is 2. The minimum Gasteiger partial charge on any atom is -0.323 e. The fraction of sp³-hybridized carbons (Fsp3) is 0.300. The molecule has 0 aliphatic rings. The van der Waals surface area contributed by atoms with Crippen molar-refractivity contribution in [1.29, 1.82) is 0 Å². The molecule has 0 aliphatic carbocycles. The average molecular weight is 249 g/mol. The van der Waals surface area contributed by atoms with Gasteiger partial charge in [-0.2, -0.15) is 13.2 Å². The monoisotopic (exact) mass is 248 g/mol. The van der Waals surface area contributed by atoms with Gasteiger partial charge in [-0.05, 0) is 24.6 Å². The van der Waals surface area contributed by atoms with Gasteiger partial charge < -0.3 is 4.57 Å². The molecular weight excluding hydrogens is 241 g/mol. The Kier molecular flexibility index (Phi) is 2.38. The van der Waals surface area contributed by atoms with Crippen LogP contribution in [0.3, 0.4) is 0 Å². The van der Waals surface area contributed by atoms with Gasteiger partial charge in [0.1, 0.15) is 5.52 Å². The number of rotatable bonds is 0. The maximum absolute atomic E-state index is 12.6. The van der Waals surface area contributed by atoms with Gasteiger partial charge in [0.25, 0.3) is 0 Å². The van der Waals surface area contributed by atoms with Crippen LogP contribution in [0.1, 0.15) is 11.4 Å². The van der Waals surface area contributed by atoms with Gasteiger partial charge in [0.15, 0.2) is 0 Å². The van der Waals surface area contributed by atoms with E-state index in [4.69, 9.17) is 11.6 Å². The zero-order valence-electron chi connectivity index (χ0n) is 8.56. The van der Waals surface area contributed by atoms with Crippen LogP contribution in [0.2, 0.25) is 5.02 Å². The van der Waals surface area contributed by atoms with Gasteiger partial charge in [0.05, 0.1) is 10.5 Å². The van der Waals surface area contributed by atoms with Gasteiger partial charge in [-0.15, -0.1) is 0 Å². The first-order valence-electron chi connectivity index (χ1n) is 4.50. The summed E-state index contributed by atoms with van der Waals surface area (Å²) in [4.78, 5) is 3.53. The van der Waals surface area contributed by atoms with Gasteiger partial charge in [0.2, 0.25) is 5.82 Å². The molecule has 6 heteroatoms. The van der Waals surface area contributed by atoms with E-state index in [1.54, 1.807) is 19.1 Å². The van der Waals surface area contributed by atoms with Gasteiger partial charge >= 0.3 is 6.18 Å². The predicted octanol–water partition coefficient (Wildman–Crippen LogP) is 3.55. The summed E-state index contributed by atoms with van der Waals surface area (Å²) in [6.45, 7) is 1.77. The minimum atomic E-state index is -4.47. The van der Waals surface area contributed by atoms with Crippen LogP contribution in [0.25, 0.3) is 11.0 Å². The molecule has 0 spiro atoms. The highest BCUT2D eigenvalue weighted by Crippen LogP contribution is 2.33. The number of imidazole rings is 1. The molecule has 0 radical (unpaired) electrons. The number of alkyl halides is 3. The molecule has 2 nitrogen and oxygen atoms in total. The Morgan fingerprint density at radius 2 is 1.94 bits per heavy atom. The van der Waals surface area contributed by atoms with Crippen LogP contribution >= 0.6 is 11.6 Å². The zero-order chi connectivity index (χ0) is 12.1. The summed E-state index contributed by atoms with van der Waals surface area (Å²) in [7, 11) is 1.33. The van der Waals surface area contributed by atoms with Crippen molar-refractivity contribution in [3.8, 4) is 0 Å². The van der Waals surface area contributed by atoms with Crippen molar-refractivity contribution in [2.75, 3.05) is 0 Å². The highest BCUT2D eigenvalue weighted by atomic mass is 35.5. The standard InChI is InChI=1S/C10H8ClF3N2/c1-5-3-6(11)8-7(4-5)16(2)9(15-8)10(12,13)14/h3-4H,1-2H3. The van der Waals surface area contributed by atoms with Crippen molar-refractivity contribution in [2.24, 2.45) is 7.05 Å². The van der Waals surface area contributed by atoms with E-state index in [1.165, 1.54) is 7.05 Å². The molecule has 1 aromatic carbocycles. The highest BCUT2D eigenvalue weighted by molar-refractivity contribution is 6.35. The van der Waals surface area contributed by atoms with Crippen LogP contribution in [-0.4, -0.2) is 9.55 Å². The van der Waals surface area contributed by atoms with Crippen molar-refractivity contribution >= 4 is 22.6 Å². The number of nitrogens with zero attached hydrogens (tertiary/aromatic N) is 2. The van der Waals surface area contributed by atoms with Crippen molar-refractivity contribution in [3.63, 3.8) is 0 Å². The molecule has 1 aromatic heterocycles. The Morgan fingerprint density at radius 3 is 2.50 bits per heavy atom. The topological polar surface area (TPSA) is 17.8 Å². The summed E-state index contributed by atoms with van der Waals surface area (Å²) in [5.41, 5.74) is 1.37. The Morgan fingerprint density at radius 1 is 1.31 bits per heavy atom.